The van der Waals surface area contributed by atoms with E-state index in [0.717, 1.165) is 54.7 Å². The third-order valence-electron chi connectivity index (χ3n) is 5.63. The van der Waals surface area contributed by atoms with Gasteiger partial charge in [0.25, 0.3) is 0 Å². The fourth-order valence-corrected chi connectivity index (χ4v) is 4.17. The molecule has 1 heterocycles. The Labute approximate surface area is 209 Å². The SMILES string of the molecule is O=C(NCCCCCCn1c(Cl)nc(-c2ccccc2)c1-c1ccccc1)Oc1ccccc1F. The van der Waals surface area contributed by atoms with Crippen LogP contribution in [-0.4, -0.2) is 22.2 Å². The number of hydrogen-bond acceptors (Lipinski definition) is 3. The number of nitrogens with zero attached hydrogens (tertiary/aromatic N) is 2. The molecular weight excluding hydrogens is 465 g/mol. The van der Waals surface area contributed by atoms with Crippen LogP contribution in [-0.2, 0) is 6.54 Å². The predicted molar refractivity (Wildman–Crippen MR) is 137 cm³/mol. The Hall–Kier alpha value is -3.64. The number of unbranched alkanes of at least 4 members (excludes halogenated alkanes) is 3. The summed E-state index contributed by atoms with van der Waals surface area (Å²) in [5.74, 6) is -0.641. The number of amides is 1. The summed E-state index contributed by atoms with van der Waals surface area (Å²) in [6.45, 7) is 1.21. The van der Waals surface area contributed by atoms with Gasteiger partial charge in [0.2, 0.25) is 5.28 Å². The smallest absolute Gasteiger partial charge is 0.407 e. The lowest BCUT2D eigenvalue weighted by molar-refractivity contribution is 0.198. The van der Waals surface area contributed by atoms with Crippen LogP contribution in [0.1, 0.15) is 25.7 Å². The molecule has 35 heavy (non-hydrogen) atoms. The Morgan fingerprint density at radius 2 is 1.49 bits per heavy atom. The van der Waals surface area contributed by atoms with Crippen molar-refractivity contribution in [3.63, 3.8) is 0 Å². The number of para-hydroxylation sites is 1. The molecule has 0 fully saturated rings. The van der Waals surface area contributed by atoms with Gasteiger partial charge in [-0.1, -0.05) is 85.6 Å². The van der Waals surface area contributed by atoms with E-state index in [-0.39, 0.29) is 5.75 Å². The molecule has 3 aromatic carbocycles. The summed E-state index contributed by atoms with van der Waals surface area (Å²) in [6.07, 6.45) is 2.96. The number of nitrogens with one attached hydrogen (secondary N) is 1. The van der Waals surface area contributed by atoms with Gasteiger partial charge in [0.1, 0.15) is 0 Å². The van der Waals surface area contributed by atoms with Crippen molar-refractivity contribution in [1.29, 1.82) is 0 Å². The van der Waals surface area contributed by atoms with Crippen LogP contribution in [0.5, 0.6) is 5.75 Å². The average Bonchev–Trinajstić information content (AvgIpc) is 3.22. The molecule has 0 atom stereocenters. The summed E-state index contributed by atoms with van der Waals surface area (Å²) in [5.41, 5.74) is 3.99. The van der Waals surface area contributed by atoms with Crippen LogP contribution in [0.3, 0.4) is 0 Å². The summed E-state index contributed by atoms with van der Waals surface area (Å²) in [5, 5.41) is 3.14. The minimum absolute atomic E-state index is 0.0775. The van der Waals surface area contributed by atoms with Crippen LogP contribution < -0.4 is 10.1 Å². The van der Waals surface area contributed by atoms with E-state index in [0.29, 0.717) is 11.8 Å². The van der Waals surface area contributed by atoms with E-state index < -0.39 is 11.9 Å². The number of ether oxygens (including phenoxy) is 1. The Balaban J connectivity index is 1.29. The summed E-state index contributed by atoms with van der Waals surface area (Å²) in [7, 11) is 0. The normalized spacial score (nSPS) is 10.8. The number of benzene rings is 3. The standard InChI is InChI=1S/C28H27ClFN3O2/c29-27-32-25(21-13-5-3-6-14-21)26(22-15-7-4-8-16-22)33(27)20-12-2-1-11-19-31-28(34)35-24-18-10-9-17-23(24)30/h3-10,13-18H,1-2,11-12,19-20H2,(H,31,34). The van der Waals surface area contributed by atoms with Crippen LogP contribution in [0.25, 0.3) is 22.5 Å². The van der Waals surface area contributed by atoms with Crippen LogP contribution in [0.15, 0.2) is 84.9 Å². The molecule has 4 rings (SSSR count). The second-order valence-corrected chi connectivity index (χ2v) is 8.46. The molecule has 0 bridgehead atoms. The first-order chi connectivity index (χ1) is 17.1. The second-order valence-electron chi connectivity index (χ2n) is 8.12. The van der Waals surface area contributed by atoms with Crippen LogP contribution in [0.4, 0.5) is 9.18 Å². The van der Waals surface area contributed by atoms with Crippen molar-refractivity contribution in [2.45, 2.75) is 32.2 Å². The quantitative estimate of drug-likeness (QED) is 0.236. The number of carbonyl (C=O) groups excluding carboxylic acids is 1. The van der Waals surface area contributed by atoms with Gasteiger partial charge >= 0.3 is 6.09 Å². The first kappa shape index (κ1) is 24.5. The van der Waals surface area contributed by atoms with Crippen molar-refractivity contribution < 1.29 is 13.9 Å². The van der Waals surface area contributed by atoms with Gasteiger partial charge in [-0.25, -0.2) is 14.2 Å². The Kier molecular flexibility index (Phi) is 8.52. The maximum Gasteiger partial charge on any atom is 0.412 e. The van der Waals surface area contributed by atoms with E-state index >= 15 is 0 Å². The first-order valence-electron chi connectivity index (χ1n) is 11.7. The molecule has 0 spiro atoms. The van der Waals surface area contributed by atoms with E-state index in [1.807, 2.05) is 48.5 Å². The van der Waals surface area contributed by atoms with Crippen LogP contribution >= 0.6 is 11.6 Å². The molecular formula is C28H27ClFN3O2. The van der Waals surface area contributed by atoms with Gasteiger partial charge in [-0.3, -0.25) is 0 Å². The summed E-state index contributed by atoms with van der Waals surface area (Å²) in [6, 6.07) is 26.1. The highest BCUT2D eigenvalue weighted by Crippen LogP contribution is 2.34. The van der Waals surface area contributed by atoms with Gasteiger partial charge in [0.15, 0.2) is 11.6 Å². The molecule has 0 aliphatic rings. The molecule has 5 nitrogen and oxygen atoms in total. The Morgan fingerprint density at radius 1 is 0.857 bits per heavy atom. The van der Waals surface area contributed by atoms with Crippen molar-refractivity contribution in [3.8, 4) is 28.3 Å². The zero-order valence-electron chi connectivity index (χ0n) is 19.3. The van der Waals surface area contributed by atoms with E-state index in [4.69, 9.17) is 16.3 Å². The lowest BCUT2D eigenvalue weighted by atomic mass is 10.0. The topological polar surface area (TPSA) is 56.2 Å². The van der Waals surface area contributed by atoms with E-state index in [1.54, 1.807) is 12.1 Å². The minimum Gasteiger partial charge on any atom is -0.407 e. The highest BCUT2D eigenvalue weighted by atomic mass is 35.5. The maximum absolute atomic E-state index is 13.6. The maximum atomic E-state index is 13.6. The van der Waals surface area contributed by atoms with E-state index in [9.17, 15) is 9.18 Å². The zero-order chi connectivity index (χ0) is 24.5. The highest BCUT2D eigenvalue weighted by molar-refractivity contribution is 6.29. The molecule has 0 saturated heterocycles. The van der Waals surface area contributed by atoms with Crippen molar-refractivity contribution >= 4 is 17.7 Å². The number of carbonyl (C=O) groups is 1. The number of rotatable bonds is 10. The van der Waals surface area contributed by atoms with Crippen molar-refractivity contribution in [2.75, 3.05) is 6.54 Å². The fourth-order valence-electron chi connectivity index (χ4n) is 3.92. The highest BCUT2D eigenvalue weighted by Gasteiger charge is 2.18. The molecule has 0 unspecified atom stereocenters. The minimum atomic E-state index is -0.652. The molecule has 4 aromatic rings. The van der Waals surface area contributed by atoms with Crippen molar-refractivity contribution in [3.05, 3.63) is 96.0 Å². The van der Waals surface area contributed by atoms with Crippen molar-refractivity contribution in [2.24, 2.45) is 0 Å². The lowest BCUT2D eigenvalue weighted by Crippen LogP contribution is -2.28. The first-order valence-corrected chi connectivity index (χ1v) is 12.1. The van der Waals surface area contributed by atoms with Gasteiger partial charge in [-0.15, -0.1) is 0 Å². The Bertz CT molecular complexity index is 1250. The van der Waals surface area contributed by atoms with Crippen molar-refractivity contribution in [1.82, 2.24) is 14.9 Å². The van der Waals surface area contributed by atoms with Gasteiger partial charge in [0.05, 0.1) is 11.4 Å². The molecule has 0 aliphatic carbocycles. The van der Waals surface area contributed by atoms with Gasteiger partial charge in [-0.2, -0.15) is 0 Å². The number of imidazole rings is 1. The summed E-state index contributed by atoms with van der Waals surface area (Å²) < 4.78 is 20.6. The fraction of sp³-hybridized carbons (Fsp3) is 0.214. The van der Waals surface area contributed by atoms with Crippen LogP contribution in [0, 0.1) is 5.82 Å². The van der Waals surface area contributed by atoms with Gasteiger partial charge < -0.3 is 14.6 Å². The lowest BCUT2D eigenvalue weighted by Gasteiger charge is -2.12. The molecule has 1 amide bonds. The molecule has 180 valence electrons. The average molecular weight is 492 g/mol. The summed E-state index contributed by atoms with van der Waals surface area (Å²) >= 11 is 6.59. The van der Waals surface area contributed by atoms with E-state index in [2.05, 4.69) is 27.0 Å². The number of aromatic nitrogens is 2. The van der Waals surface area contributed by atoms with Gasteiger partial charge in [-0.05, 0) is 36.6 Å². The number of hydrogen-bond donors (Lipinski definition) is 1. The third-order valence-corrected chi connectivity index (χ3v) is 5.92. The predicted octanol–water partition coefficient (Wildman–Crippen LogP) is 7.36. The Morgan fingerprint density at radius 3 is 2.20 bits per heavy atom. The zero-order valence-corrected chi connectivity index (χ0v) is 20.0. The van der Waals surface area contributed by atoms with Gasteiger partial charge in [0, 0.05) is 24.2 Å². The summed E-state index contributed by atoms with van der Waals surface area (Å²) in [4.78, 5) is 16.5. The number of halogens is 2. The van der Waals surface area contributed by atoms with Crippen LogP contribution in [0.2, 0.25) is 5.28 Å². The largest absolute Gasteiger partial charge is 0.412 e. The molecule has 1 N–H and O–H groups in total. The molecule has 7 heteroatoms. The second kappa shape index (κ2) is 12.2. The van der Waals surface area contributed by atoms with E-state index in [1.165, 1.54) is 12.1 Å². The molecule has 0 saturated carbocycles. The monoisotopic (exact) mass is 491 g/mol. The molecule has 0 aliphatic heterocycles. The third kappa shape index (κ3) is 6.49. The molecule has 1 aromatic heterocycles. The molecule has 0 radical (unpaired) electrons.